The standard InChI is InChI=1S/C9H13N5O2S2/c10-9-12-4-7(14(15)16)8(13-9)11-3-6-5-17-1-2-18-6/h4,6H,1-3,5H2,(H3,10,11,12,13). The van der Waals surface area contributed by atoms with Crippen molar-refractivity contribution in [2.75, 3.05) is 34.9 Å². The van der Waals surface area contributed by atoms with E-state index >= 15 is 0 Å². The lowest BCUT2D eigenvalue weighted by Gasteiger charge is -2.21. The Labute approximate surface area is 112 Å². The third-order valence-electron chi connectivity index (χ3n) is 2.37. The second-order valence-corrected chi connectivity index (χ2v) is 6.23. The van der Waals surface area contributed by atoms with Crippen LogP contribution in [-0.4, -0.2) is 43.9 Å². The summed E-state index contributed by atoms with van der Waals surface area (Å²) >= 11 is 3.77. The second kappa shape index (κ2) is 6.10. The van der Waals surface area contributed by atoms with Gasteiger partial charge in [0.2, 0.25) is 11.8 Å². The third-order valence-corrected chi connectivity index (χ3v) is 5.21. The predicted octanol–water partition coefficient (Wildman–Crippen LogP) is 1.23. The van der Waals surface area contributed by atoms with Crippen LogP contribution < -0.4 is 11.1 Å². The molecule has 1 atom stereocenters. The predicted molar refractivity (Wildman–Crippen MR) is 75.2 cm³/mol. The molecule has 18 heavy (non-hydrogen) atoms. The smallest absolute Gasteiger partial charge is 0.329 e. The van der Waals surface area contributed by atoms with Crippen molar-refractivity contribution in [2.24, 2.45) is 0 Å². The molecule has 2 heterocycles. The fourth-order valence-electron chi connectivity index (χ4n) is 1.52. The van der Waals surface area contributed by atoms with Gasteiger partial charge in [0.25, 0.3) is 0 Å². The third kappa shape index (κ3) is 3.39. The van der Waals surface area contributed by atoms with Crippen molar-refractivity contribution < 1.29 is 4.92 Å². The number of aromatic nitrogens is 2. The highest BCUT2D eigenvalue weighted by Crippen LogP contribution is 2.26. The van der Waals surface area contributed by atoms with Gasteiger partial charge in [0.05, 0.1) is 4.92 Å². The van der Waals surface area contributed by atoms with E-state index in [9.17, 15) is 10.1 Å². The van der Waals surface area contributed by atoms with Crippen LogP contribution in [0.25, 0.3) is 0 Å². The minimum Gasteiger partial charge on any atom is -0.368 e. The number of hydrogen-bond donors (Lipinski definition) is 2. The van der Waals surface area contributed by atoms with Crippen LogP contribution in [0.4, 0.5) is 17.5 Å². The fourth-order valence-corrected chi connectivity index (χ4v) is 4.13. The Kier molecular flexibility index (Phi) is 4.48. The maximum atomic E-state index is 10.8. The van der Waals surface area contributed by atoms with Gasteiger partial charge in [-0.3, -0.25) is 10.1 Å². The number of nitro groups is 1. The van der Waals surface area contributed by atoms with Crippen molar-refractivity contribution in [3.63, 3.8) is 0 Å². The van der Waals surface area contributed by atoms with Crippen molar-refractivity contribution >= 4 is 41.0 Å². The number of rotatable bonds is 4. The van der Waals surface area contributed by atoms with Crippen molar-refractivity contribution in [2.45, 2.75) is 5.25 Å². The molecule has 0 amide bonds. The number of nitrogens with zero attached hydrogens (tertiary/aromatic N) is 3. The number of nitrogen functional groups attached to an aromatic ring is 1. The van der Waals surface area contributed by atoms with E-state index in [0.717, 1.165) is 17.7 Å². The Hall–Kier alpha value is -1.22. The first-order valence-corrected chi connectivity index (χ1v) is 7.57. The Bertz CT molecular complexity index is 439. The number of nitrogens with two attached hydrogens (primary N) is 1. The number of nitrogens with one attached hydrogen (secondary N) is 1. The van der Waals surface area contributed by atoms with Crippen molar-refractivity contribution in [3.8, 4) is 0 Å². The Morgan fingerprint density at radius 3 is 3.11 bits per heavy atom. The van der Waals surface area contributed by atoms with E-state index in [1.54, 1.807) is 0 Å². The van der Waals surface area contributed by atoms with E-state index in [0.29, 0.717) is 11.8 Å². The van der Waals surface area contributed by atoms with E-state index < -0.39 is 4.92 Å². The second-order valence-electron chi connectivity index (χ2n) is 3.67. The zero-order chi connectivity index (χ0) is 13.0. The summed E-state index contributed by atoms with van der Waals surface area (Å²) in [5, 5.41) is 14.3. The maximum absolute atomic E-state index is 10.8. The van der Waals surface area contributed by atoms with Gasteiger partial charge in [0.1, 0.15) is 6.20 Å². The molecule has 3 N–H and O–H groups in total. The molecule has 98 valence electrons. The first-order chi connectivity index (χ1) is 8.66. The van der Waals surface area contributed by atoms with Gasteiger partial charge in [-0.1, -0.05) is 0 Å². The zero-order valence-corrected chi connectivity index (χ0v) is 11.2. The molecule has 0 saturated carbocycles. The molecule has 1 aromatic heterocycles. The van der Waals surface area contributed by atoms with Crippen LogP contribution in [0.3, 0.4) is 0 Å². The van der Waals surface area contributed by atoms with Crippen LogP contribution >= 0.6 is 23.5 Å². The molecule has 2 rings (SSSR count). The highest BCUT2D eigenvalue weighted by molar-refractivity contribution is 8.06. The van der Waals surface area contributed by atoms with Crippen LogP contribution in [0.5, 0.6) is 0 Å². The molecular weight excluding hydrogens is 274 g/mol. The van der Waals surface area contributed by atoms with Gasteiger partial charge in [-0.05, 0) is 0 Å². The van der Waals surface area contributed by atoms with Crippen LogP contribution in [0.2, 0.25) is 0 Å². The van der Waals surface area contributed by atoms with Crippen LogP contribution in [0, 0.1) is 10.1 Å². The first-order valence-electron chi connectivity index (χ1n) is 5.37. The summed E-state index contributed by atoms with van der Waals surface area (Å²) in [7, 11) is 0. The molecule has 1 unspecified atom stereocenters. The lowest BCUT2D eigenvalue weighted by Crippen LogP contribution is -2.24. The highest BCUT2D eigenvalue weighted by atomic mass is 32.2. The van der Waals surface area contributed by atoms with E-state index in [-0.39, 0.29) is 17.5 Å². The normalized spacial score (nSPS) is 19.4. The number of hydrogen-bond acceptors (Lipinski definition) is 8. The molecule has 0 bridgehead atoms. The number of anilines is 2. The average molecular weight is 287 g/mol. The summed E-state index contributed by atoms with van der Waals surface area (Å²) < 4.78 is 0. The van der Waals surface area contributed by atoms with E-state index in [1.807, 2.05) is 23.5 Å². The number of thioether (sulfide) groups is 2. The molecule has 1 saturated heterocycles. The van der Waals surface area contributed by atoms with Gasteiger partial charge in [-0.15, -0.1) is 0 Å². The maximum Gasteiger partial charge on any atom is 0.329 e. The van der Waals surface area contributed by atoms with Crippen molar-refractivity contribution in [3.05, 3.63) is 16.3 Å². The molecule has 0 aromatic carbocycles. The Balaban J connectivity index is 2.03. The van der Waals surface area contributed by atoms with Gasteiger partial charge < -0.3 is 11.1 Å². The van der Waals surface area contributed by atoms with Crippen molar-refractivity contribution in [1.82, 2.24) is 9.97 Å². The monoisotopic (exact) mass is 287 g/mol. The molecule has 9 heteroatoms. The van der Waals surface area contributed by atoms with Crippen LogP contribution in [0.1, 0.15) is 0 Å². The summed E-state index contributed by atoms with van der Waals surface area (Å²) in [5.74, 6) is 3.57. The van der Waals surface area contributed by atoms with E-state index in [4.69, 9.17) is 5.73 Å². The minimum atomic E-state index is -0.509. The Morgan fingerprint density at radius 2 is 2.44 bits per heavy atom. The molecule has 0 aliphatic carbocycles. The van der Waals surface area contributed by atoms with Gasteiger partial charge in [0, 0.05) is 29.1 Å². The van der Waals surface area contributed by atoms with E-state index in [1.165, 1.54) is 5.75 Å². The van der Waals surface area contributed by atoms with Crippen LogP contribution in [-0.2, 0) is 0 Å². The SMILES string of the molecule is Nc1ncc([N+](=O)[O-])c(NCC2CSCCS2)n1. The van der Waals surface area contributed by atoms with E-state index in [2.05, 4.69) is 15.3 Å². The largest absolute Gasteiger partial charge is 0.368 e. The lowest BCUT2D eigenvalue weighted by atomic mass is 10.4. The van der Waals surface area contributed by atoms with Gasteiger partial charge in [0.15, 0.2) is 0 Å². The van der Waals surface area contributed by atoms with Gasteiger partial charge in [-0.25, -0.2) is 4.98 Å². The average Bonchev–Trinajstić information content (AvgIpc) is 2.37. The van der Waals surface area contributed by atoms with Crippen LogP contribution in [0.15, 0.2) is 6.20 Å². The molecule has 0 spiro atoms. The lowest BCUT2D eigenvalue weighted by molar-refractivity contribution is -0.384. The molecule has 1 fully saturated rings. The zero-order valence-electron chi connectivity index (χ0n) is 9.54. The minimum absolute atomic E-state index is 0.0359. The Morgan fingerprint density at radius 1 is 1.61 bits per heavy atom. The first kappa shape index (κ1) is 13.2. The van der Waals surface area contributed by atoms with Gasteiger partial charge >= 0.3 is 5.69 Å². The molecule has 1 aromatic rings. The summed E-state index contributed by atoms with van der Waals surface area (Å²) in [6.07, 6.45) is 1.13. The summed E-state index contributed by atoms with van der Waals surface area (Å²) in [6, 6.07) is 0. The van der Waals surface area contributed by atoms with Gasteiger partial charge in [-0.2, -0.15) is 28.5 Å². The molecule has 7 nitrogen and oxygen atoms in total. The summed E-state index contributed by atoms with van der Waals surface area (Å²) in [5.41, 5.74) is 5.30. The highest BCUT2D eigenvalue weighted by Gasteiger charge is 2.19. The van der Waals surface area contributed by atoms with Crippen molar-refractivity contribution in [1.29, 1.82) is 0 Å². The summed E-state index contributed by atoms with van der Waals surface area (Å²) in [6.45, 7) is 0.648. The topological polar surface area (TPSA) is 107 Å². The summed E-state index contributed by atoms with van der Waals surface area (Å²) in [4.78, 5) is 17.8. The molecular formula is C9H13N5O2S2. The fraction of sp³-hybridized carbons (Fsp3) is 0.556. The molecule has 1 aliphatic heterocycles. The molecule has 1 aliphatic rings. The molecule has 0 radical (unpaired) electrons. The quantitative estimate of drug-likeness (QED) is 0.629.